The predicted molar refractivity (Wildman–Crippen MR) is 79.5 cm³/mol. The largest absolute Gasteiger partial charge is 0.384 e. The number of carbonyl (C=O) groups is 1. The molecule has 0 spiro atoms. The average Bonchev–Trinajstić information content (AvgIpc) is 2.44. The van der Waals surface area contributed by atoms with Crippen LogP contribution in [0, 0.1) is 0 Å². The fourth-order valence-corrected chi connectivity index (χ4v) is 1.88. The SMILES string of the molecule is CCCCCN(C)C(=O)c1cnccc1NCCC. The number of unbranched alkanes of at least 4 members (excludes halogenated alkanes) is 2. The van der Waals surface area contributed by atoms with Gasteiger partial charge in [0.2, 0.25) is 0 Å². The molecule has 19 heavy (non-hydrogen) atoms. The van der Waals surface area contributed by atoms with Gasteiger partial charge in [-0.15, -0.1) is 0 Å². The molecule has 1 amide bonds. The van der Waals surface area contributed by atoms with Crippen LogP contribution in [0.25, 0.3) is 0 Å². The molecule has 0 bridgehead atoms. The summed E-state index contributed by atoms with van der Waals surface area (Å²) in [7, 11) is 1.86. The number of pyridine rings is 1. The van der Waals surface area contributed by atoms with Gasteiger partial charge in [-0.1, -0.05) is 26.7 Å². The number of aromatic nitrogens is 1. The molecule has 0 saturated heterocycles. The van der Waals surface area contributed by atoms with Gasteiger partial charge in [0, 0.05) is 32.5 Å². The van der Waals surface area contributed by atoms with E-state index in [1.807, 2.05) is 13.1 Å². The zero-order valence-corrected chi connectivity index (χ0v) is 12.3. The molecule has 0 aliphatic carbocycles. The number of anilines is 1. The lowest BCUT2D eigenvalue weighted by Crippen LogP contribution is -2.28. The van der Waals surface area contributed by atoms with E-state index in [4.69, 9.17) is 0 Å². The van der Waals surface area contributed by atoms with E-state index >= 15 is 0 Å². The first-order valence-corrected chi connectivity index (χ1v) is 7.14. The summed E-state index contributed by atoms with van der Waals surface area (Å²) in [6.07, 6.45) is 7.77. The molecule has 1 aromatic heterocycles. The van der Waals surface area contributed by atoms with Crippen LogP contribution in [0.3, 0.4) is 0 Å². The van der Waals surface area contributed by atoms with E-state index in [0.717, 1.165) is 44.5 Å². The minimum Gasteiger partial charge on any atom is -0.384 e. The third-order valence-corrected chi connectivity index (χ3v) is 3.06. The van der Waals surface area contributed by atoms with E-state index in [-0.39, 0.29) is 5.91 Å². The molecule has 1 heterocycles. The van der Waals surface area contributed by atoms with E-state index in [1.165, 1.54) is 0 Å². The molecule has 1 rings (SSSR count). The number of rotatable bonds is 8. The van der Waals surface area contributed by atoms with E-state index in [1.54, 1.807) is 17.3 Å². The van der Waals surface area contributed by atoms with Crippen molar-refractivity contribution in [3.05, 3.63) is 24.0 Å². The Hall–Kier alpha value is -1.58. The zero-order valence-electron chi connectivity index (χ0n) is 12.3. The average molecular weight is 263 g/mol. The second-order valence-electron chi connectivity index (χ2n) is 4.78. The Morgan fingerprint density at radius 2 is 2.11 bits per heavy atom. The number of hydrogen-bond acceptors (Lipinski definition) is 3. The van der Waals surface area contributed by atoms with Crippen LogP contribution in [0.15, 0.2) is 18.5 Å². The molecule has 4 heteroatoms. The Kier molecular flexibility index (Phi) is 6.93. The fraction of sp³-hybridized carbons (Fsp3) is 0.600. The molecule has 0 radical (unpaired) electrons. The quantitative estimate of drug-likeness (QED) is 0.733. The smallest absolute Gasteiger partial charge is 0.257 e. The van der Waals surface area contributed by atoms with Crippen molar-refractivity contribution in [3.8, 4) is 0 Å². The summed E-state index contributed by atoms with van der Waals surface area (Å²) >= 11 is 0. The molecule has 0 unspecified atom stereocenters. The lowest BCUT2D eigenvalue weighted by Gasteiger charge is -2.19. The summed E-state index contributed by atoms with van der Waals surface area (Å²) < 4.78 is 0. The molecule has 4 nitrogen and oxygen atoms in total. The molecule has 1 aromatic rings. The molecular weight excluding hydrogens is 238 g/mol. The van der Waals surface area contributed by atoms with Crippen molar-refractivity contribution >= 4 is 11.6 Å². The number of hydrogen-bond donors (Lipinski definition) is 1. The van der Waals surface area contributed by atoms with Crippen molar-refractivity contribution < 1.29 is 4.79 Å². The van der Waals surface area contributed by atoms with E-state index in [9.17, 15) is 4.79 Å². The molecule has 0 aliphatic rings. The van der Waals surface area contributed by atoms with Crippen LogP contribution >= 0.6 is 0 Å². The minimum absolute atomic E-state index is 0.0443. The van der Waals surface area contributed by atoms with Crippen LogP contribution in [0.2, 0.25) is 0 Å². The van der Waals surface area contributed by atoms with Crippen molar-refractivity contribution in [2.75, 3.05) is 25.5 Å². The highest BCUT2D eigenvalue weighted by Crippen LogP contribution is 2.15. The van der Waals surface area contributed by atoms with E-state index in [2.05, 4.69) is 24.1 Å². The molecule has 0 aromatic carbocycles. The molecule has 0 saturated carbocycles. The Morgan fingerprint density at radius 3 is 2.79 bits per heavy atom. The Morgan fingerprint density at radius 1 is 1.32 bits per heavy atom. The zero-order chi connectivity index (χ0) is 14.1. The van der Waals surface area contributed by atoms with Crippen LogP contribution in [-0.4, -0.2) is 35.9 Å². The molecule has 0 atom stereocenters. The van der Waals surface area contributed by atoms with Crippen LogP contribution in [0.1, 0.15) is 49.9 Å². The third-order valence-electron chi connectivity index (χ3n) is 3.06. The molecular formula is C15H25N3O. The lowest BCUT2D eigenvalue weighted by molar-refractivity contribution is 0.0793. The monoisotopic (exact) mass is 263 g/mol. The predicted octanol–water partition coefficient (Wildman–Crippen LogP) is 3.17. The van der Waals surface area contributed by atoms with E-state index in [0.29, 0.717) is 5.56 Å². The summed E-state index contributed by atoms with van der Waals surface area (Å²) in [6, 6.07) is 1.86. The highest BCUT2D eigenvalue weighted by atomic mass is 16.2. The normalized spacial score (nSPS) is 10.3. The van der Waals surface area contributed by atoms with Crippen LogP contribution in [0.4, 0.5) is 5.69 Å². The Balaban J connectivity index is 2.69. The summed E-state index contributed by atoms with van der Waals surface area (Å²) in [4.78, 5) is 18.2. The standard InChI is InChI=1S/C15H25N3O/c1-4-6-7-11-18(3)15(19)13-12-16-10-8-14(13)17-9-5-2/h8,10,12H,4-7,9,11H2,1-3H3,(H,16,17). The van der Waals surface area contributed by atoms with Gasteiger partial charge in [0.05, 0.1) is 11.3 Å². The third kappa shape index (κ3) is 4.89. The summed E-state index contributed by atoms with van der Waals surface area (Å²) in [5, 5.41) is 3.28. The van der Waals surface area contributed by atoms with Crippen molar-refractivity contribution in [3.63, 3.8) is 0 Å². The maximum atomic E-state index is 12.4. The van der Waals surface area contributed by atoms with Crippen LogP contribution in [-0.2, 0) is 0 Å². The van der Waals surface area contributed by atoms with Gasteiger partial charge in [-0.25, -0.2) is 0 Å². The number of nitrogens with one attached hydrogen (secondary N) is 1. The van der Waals surface area contributed by atoms with E-state index < -0.39 is 0 Å². The number of nitrogens with zero attached hydrogens (tertiary/aromatic N) is 2. The van der Waals surface area contributed by atoms with Gasteiger partial charge in [0.1, 0.15) is 0 Å². The minimum atomic E-state index is 0.0443. The van der Waals surface area contributed by atoms with Crippen LogP contribution < -0.4 is 5.32 Å². The Labute approximate surface area is 116 Å². The van der Waals surface area contributed by atoms with Gasteiger partial charge in [-0.2, -0.15) is 0 Å². The van der Waals surface area contributed by atoms with Gasteiger partial charge in [0.25, 0.3) is 5.91 Å². The van der Waals surface area contributed by atoms with Gasteiger partial charge >= 0.3 is 0 Å². The van der Waals surface area contributed by atoms with Crippen LogP contribution in [0.5, 0.6) is 0 Å². The van der Waals surface area contributed by atoms with Crippen molar-refractivity contribution in [1.82, 2.24) is 9.88 Å². The summed E-state index contributed by atoms with van der Waals surface area (Å²) in [5.41, 5.74) is 1.54. The van der Waals surface area contributed by atoms with Gasteiger partial charge < -0.3 is 10.2 Å². The first-order chi connectivity index (χ1) is 9.20. The second kappa shape index (κ2) is 8.51. The fourth-order valence-electron chi connectivity index (χ4n) is 1.88. The first-order valence-electron chi connectivity index (χ1n) is 7.14. The van der Waals surface area contributed by atoms with Gasteiger partial charge in [0.15, 0.2) is 0 Å². The number of carbonyl (C=O) groups excluding carboxylic acids is 1. The molecule has 106 valence electrons. The van der Waals surface area contributed by atoms with Crippen molar-refractivity contribution in [2.45, 2.75) is 39.5 Å². The van der Waals surface area contributed by atoms with Crippen molar-refractivity contribution in [2.24, 2.45) is 0 Å². The summed E-state index contributed by atoms with van der Waals surface area (Å²) in [6.45, 7) is 5.93. The molecule has 0 aliphatic heterocycles. The topological polar surface area (TPSA) is 45.2 Å². The Bertz CT molecular complexity index is 393. The molecule has 0 fully saturated rings. The van der Waals surface area contributed by atoms with Gasteiger partial charge in [-0.05, 0) is 18.9 Å². The van der Waals surface area contributed by atoms with Crippen molar-refractivity contribution in [1.29, 1.82) is 0 Å². The number of amides is 1. The highest BCUT2D eigenvalue weighted by Gasteiger charge is 2.15. The maximum Gasteiger partial charge on any atom is 0.257 e. The first kappa shape index (κ1) is 15.5. The maximum absolute atomic E-state index is 12.4. The summed E-state index contributed by atoms with van der Waals surface area (Å²) in [5.74, 6) is 0.0443. The highest BCUT2D eigenvalue weighted by molar-refractivity contribution is 5.99. The lowest BCUT2D eigenvalue weighted by atomic mass is 10.2. The second-order valence-corrected chi connectivity index (χ2v) is 4.78. The molecule has 1 N–H and O–H groups in total. The van der Waals surface area contributed by atoms with Gasteiger partial charge in [-0.3, -0.25) is 9.78 Å².